The first-order valence-electron chi connectivity index (χ1n) is 6.56. The molecule has 0 aliphatic carbocycles. The number of amides is 1. The van der Waals surface area contributed by atoms with Crippen LogP contribution < -0.4 is 0 Å². The highest BCUT2D eigenvalue weighted by atomic mass is 16.5. The van der Waals surface area contributed by atoms with Gasteiger partial charge < -0.3 is 14.7 Å². The Balaban J connectivity index is 2.08. The van der Waals surface area contributed by atoms with Gasteiger partial charge in [0, 0.05) is 25.6 Å². The van der Waals surface area contributed by atoms with E-state index in [2.05, 4.69) is 10.2 Å². The summed E-state index contributed by atoms with van der Waals surface area (Å²) in [6.45, 7) is 1.19. The van der Waals surface area contributed by atoms with Gasteiger partial charge in [-0.05, 0) is 6.07 Å². The predicted octanol–water partition coefficient (Wildman–Crippen LogP) is 0.573. The number of hydrogen-bond donors (Lipinski definition) is 2. The van der Waals surface area contributed by atoms with Crippen LogP contribution in [-0.4, -0.2) is 59.5 Å². The van der Waals surface area contributed by atoms with E-state index in [4.69, 9.17) is 9.84 Å². The van der Waals surface area contributed by atoms with Crippen molar-refractivity contribution in [3.63, 3.8) is 0 Å². The molecule has 0 fully saturated rings. The Hall–Kier alpha value is -1.92. The van der Waals surface area contributed by atoms with Gasteiger partial charge in [-0.25, -0.2) is 0 Å². The van der Waals surface area contributed by atoms with Crippen LogP contribution >= 0.6 is 0 Å². The van der Waals surface area contributed by atoms with Crippen molar-refractivity contribution in [1.29, 1.82) is 0 Å². The molecule has 20 heavy (non-hydrogen) atoms. The summed E-state index contributed by atoms with van der Waals surface area (Å²) in [6.07, 6.45) is 0.240. The van der Waals surface area contributed by atoms with Gasteiger partial charge in [-0.15, -0.1) is 0 Å². The minimum atomic E-state index is -0.0564. The summed E-state index contributed by atoms with van der Waals surface area (Å²) in [7, 11) is 1.59. The maximum Gasteiger partial charge on any atom is 0.228 e. The molecule has 0 bridgehead atoms. The van der Waals surface area contributed by atoms with E-state index in [1.165, 1.54) is 0 Å². The summed E-state index contributed by atoms with van der Waals surface area (Å²) < 4.78 is 4.98. The molecular weight excluding hydrogens is 258 g/mol. The number of aliphatic hydroxyl groups excluding tert-OH is 1. The van der Waals surface area contributed by atoms with Crippen molar-refractivity contribution < 1.29 is 14.6 Å². The lowest BCUT2D eigenvalue weighted by atomic mass is 10.1. The Kier molecular flexibility index (Phi) is 5.09. The first kappa shape index (κ1) is 14.5. The second-order valence-electron chi connectivity index (χ2n) is 4.49. The zero-order valence-electron chi connectivity index (χ0n) is 11.5. The largest absolute Gasteiger partial charge is 0.395 e. The molecule has 0 aliphatic heterocycles. The quantitative estimate of drug-likeness (QED) is 0.775. The van der Waals surface area contributed by atoms with Crippen LogP contribution in [-0.2, 0) is 16.0 Å². The number of H-pyrrole nitrogens is 1. The van der Waals surface area contributed by atoms with Gasteiger partial charge in [0.15, 0.2) is 0 Å². The van der Waals surface area contributed by atoms with Crippen LogP contribution in [0.2, 0.25) is 0 Å². The highest BCUT2D eigenvalue weighted by molar-refractivity contribution is 5.87. The van der Waals surface area contributed by atoms with E-state index in [1.807, 2.05) is 24.3 Å². The SMILES string of the molecule is COCCN(CCO)C(=O)Cc1[nH]nc2ccccc12. The Labute approximate surface area is 117 Å². The van der Waals surface area contributed by atoms with E-state index in [0.717, 1.165) is 16.6 Å². The normalized spacial score (nSPS) is 10.9. The molecule has 1 heterocycles. The van der Waals surface area contributed by atoms with Crippen molar-refractivity contribution in [2.24, 2.45) is 0 Å². The average molecular weight is 277 g/mol. The number of ether oxygens (including phenoxy) is 1. The summed E-state index contributed by atoms with van der Waals surface area (Å²) in [4.78, 5) is 13.9. The molecule has 0 atom stereocenters. The van der Waals surface area contributed by atoms with Gasteiger partial charge in [0.2, 0.25) is 5.91 Å². The van der Waals surface area contributed by atoms with Crippen LogP contribution in [0.15, 0.2) is 24.3 Å². The van der Waals surface area contributed by atoms with Crippen LogP contribution in [0.25, 0.3) is 10.9 Å². The van der Waals surface area contributed by atoms with Gasteiger partial charge in [-0.2, -0.15) is 5.10 Å². The van der Waals surface area contributed by atoms with Gasteiger partial charge in [0.1, 0.15) is 0 Å². The van der Waals surface area contributed by atoms with Gasteiger partial charge in [-0.1, -0.05) is 18.2 Å². The molecule has 0 unspecified atom stereocenters. The summed E-state index contributed by atoms with van der Waals surface area (Å²) in [6, 6.07) is 7.66. The van der Waals surface area contributed by atoms with E-state index >= 15 is 0 Å². The molecule has 6 nitrogen and oxygen atoms in total. The van der Waals surface area contributed by atoms with E-state index in [1.54, 1.807) is 12.0 Å². The topological polar surface area (TPSA) is 78.5 Å². The molecule has 1 amide bonds. The van der Waals surface area contributed by atoms with Crippen LogP contribution in [0.1, 0.15) is 5.69 Å². The van der Waals surface area contributed by atoms with Gasteiger partial charge >= 0.3 is 0 Å². The number of rotatable bonds is 7. The van der Waals surface area contributed by atoms with Gasteiger partial charge in [0.05, 0.1) is 30.8 Å². The van der Waals surface area contributed by atoms with Crippen molar-refractivity contribution in [2.75, 3.05) is 33.4 Å². The molecule has 2 N–H and O–H groups in total. The number of hydrogen-bond acceptors (Lipinski definition) is 4. The molecule has 108 valence electrons. The van der Waals surface area contributed by atoms with E-state index in [-0.39, 0.29) is 18.9 Å². The second kappa shape index (κ2) is 7.02. The molecule has 0 saturated carbocycles. The number of carbonyl (C=O) groups excluding carboxylic acids is 1. The smallest absolute Gasteiger partial charge is 0.228 e. The highest BCUT2D eigenvalue weighted by Gasteiger charge is 2.16. The zero-order valence-corrected chi connectivity index (χ0v) is 11.5. The second-order valence-corrected chi connectivity index (χ2v) is 4.49. The number of aromatic amines is 1. The maximum atomic E-state index is 12.3. The number of benzene rings is 1. The predicted molar refractivity (Wildman–Crippen MR) is 75.3 cm³/mol. The molecule has 0 aliphatic rings. The maximum absolute atomic E-state index is 12.3. The van der Waals surface area contributed by atoms with E-state index in [0.29, 0.717) is 19.7 Å². The van der Waals surface area contributed by atoms with Crippen molar-refractivity contribution in [1.82, 2.24) is 15.1 Å². The van der Waals surface area contributed by atoms with E-state index in [9.17, 15) is 4.79 Å². The Morgan fingerprint density at radius 1 is 1.40 bits per heavy atom. The number of nitrogens with one attached hydrogen (secondary N) is 1. The number of aromatic nitrogens is 2. The van der Waals surface area contributed by atoms with Crippen molar-refractivity contribution in [3.8, 4) is 0 Å². The molecule has 1 aromatic carbocycles. The molecule has 6 heteroatoms. The van der Waals surface area contributed by atoms with Crippen molar-refractivity contribution in [2.45, 2.75) is 6.42 Å². The lowest BCUT2D eigenvalue weighted by molar-refractivity contribution is -0.131. The molecule has 1 aromatic heterocycles. The fourth-order valence-electron chi connectivity index (χ4n) is 2.10. The number of para-hydroxylation sites is 1. The minimum absolute atomic E-state index is 0.0505. The number of methoxy groups -OCH3 is 1. The summed E-state index contributed by atoms with van der Waals surface area (Å²) >= 11 is 0. The first-order valence-corrected chi connectivity index (χ1v) is 6.56. The third-order valence-corrected chi connectivity index (χ3v) is 3.16. The molecule has 2 rings (SSSR count). The summed E-state index contributed by atoms with van der Waals surface area (Å²) in [5.41, 5.74) is 1.65. The fraction of sp³-hybridized carbons (Fsp3) is 0.429. The molecule has 0 radical (unpaired) electrons. The lowest BCUT2D eigenvalue weighted by Gasteiger charge is -2.21. The van der Waals surface area contributed by atoms with Crippen LogP contribution in [0, 0.1) is 0 Å². The molecule has 0 saturated heterocycles. The zero-order chi connectivity index (χ0) is 14.4. The Bertz CT molecular complexity index is 568. The molecular formula is C14H19N3O3. The van der Waals surface area contributed by atoms with Gasteiger partial charge in [-0.3, -0.25) is 9.89 Å². The first-order chi connectivity index (χ1) is 9.76. The summed E-state index contributed by atoms with van der Waals surface area (Å²) in [5.74, 6) is -0.0505. The van der Waals surface area contributed by atoms with Crippen molar-refractivity contribution in [3.05, 3.63) is 30.0 Å². The Morgan fingerprint density at radius 2 is 2.20 bits per heavy atom. The van der Waals surface area contributed by atoms with Crippen molar-refractivity contribution >= 4 is 16.8 Å². The van der Waals surface area contributed by atoms with Crippen LogP contribution in [0.5, 0.6) is 0 Å². The van der Waals surface area contributed by atoms with Crippen LogP contribution in [0.3, 0.4) is 0 Å². The van der Waals surface area contributed by atoms with Crippen LogP contribution in [0.4, 0.5) is 0 Å². The van der Waals surface area contributed by atoms with E-state index < -0.39 is 0 Å². The number of carbonyl (C=O) groups is 1. The molecule has 0 spiro atoms. The number of nitrogens with zero attached hydrogens (tertiary/aromatic N) is 2. The standard InChI is InChI=1S/C14H19N3O3/c1-20-9-7-17(6-8-18)14(19)10-13-11-4-2-3-5-12(11)15-16-13/h2-5,18H,6-10H2,1H3,(H,15,16). The lowest BCUT2D eigenvalue weighted by Crippen LogP contribution is -2.37. The third-order valence-electron chi connectivity index (χ3n) is 3.16. The third kappa shape index (κ3) is 3.34. The Morgan fingerprint density at radius 3 is 2.95 bits per heavy atom. The molecule has 2 aromatic rings. The number of aliphatic hydroxyl groups is 1. The van der Waals surface area contributed by atoms with Gasteiger partial charge in [0.25, 0.3) is 0 Å². The monoisotopic (exact) mass is 277 g/mol. The minimum Gasteiger partial charge on any atom is -0.395 e. The number of fused-ring (bicyclic) bond motifs is 1. The average Bonchev–Trinajstić information content (AvgIpc) is 2.87. The highest BCUT2D eigenvalue weighted by Crippen LogP contribution is 2.16. The summed E-state index contributed by atoms with van der Waals surface area (Å²) in [5, 5.41) is 17.1. The fourth-order valence-corrected chi connectivity index (χ4v) is 2.10.